The average molecular weight is 458 g/mol. The van der Waals surface area contributed by atoms with Crippen LogP contribution < -0.4 is 4.90 Å². The number of carbonyl (C=O) groups excluding carboxylic acids is 2. The molecule has 0 aliphatic rings. The van der Waals surface area contributed by atoms with Gasteiger partial charge >= 0.3 is 0 Å². The van der Waals surface area contributed by atoms with Crippen LogP contribution in [0, 0.1) is 0 Å². The van der Waals surface area contributed by atoms with Gasteiger partial charge in [0.25, 0.3) is 5.91 Å². The molecule has 0 fully saturated rings. The molecule has 6 heteroatoms. The van der Waals surface area contributed by atoms with Crippen molar-refractivity contribution in [2.45, 2.75) is 13.3 Å². The summed E-state index contributed by atoms with van der Waals surface area (Å²) in [6, 6.07) is 22.3. The molecule has 0 aliphatic carbocycles. The predicted molar refractivity (Wildman–Crippen MR) is 136 cm³/mol. The number of amides is 1. The molecule has 0 N–H and O–H groups in total. The molecule has 1 aromatic heterocycles. The second-order valence-electron chi connectivity index (χ2n) is 8.18. The van der Waals surface area contributed by atoms with Gasteiger partial charge in [0.05, 0.1) is 10.2 Å². The molecule has 4 rings (SSSR count). The molecule has 33 heavy (non-hydrogen) atoms. The molecular formula is C27H27N3O2S. The zero-order valence-electron chi connectivity index (χ0n) is 19.1. The smallest absolute Gasteiger partial charge is 0.260 e. The summed E-state index contributed by atoms with van der Waals surface area (Å²) in [5, 5.41) is 0.689. The molecule has 0 bridgehead atoms. The van der Waals surface area contributed by atoms with E-state index in [2.05, 4.69) is 19.1 Å². The quantitative estimate of drug-likeness (QED) is 0.337. The standard InChI is InChI=1S/C27H27N3O2S/c1-4-19-10-15-23-24(18-19)33-27(28-23)30(17-16-29(2)3)26(32)22-13-11-21(12-14-22)25(31)20-8-6-5-7-9-20/h5-15,18H,4,16-17H2,1-3H3. The first-order valence-corrected chi connectivity index (χ1v) is 11.8. The maximum Gasteiger partial charge on any atom is 0.260 e. The lowest BCUT2D eigenvalue weighted by molar-refractivity contribution is 0.0982. The molecular weight excluding hydrogens is 430 g/mol. The van der Waals surface area contributed by atoms with Gasteiger partial charge in [0.1, 0.15) is 0 Å². The molecule has 1 heterocycles. The minimum absolute atomic E-state index is 0.0584. The van der Waals surface area contributed by atoms with Crippen molar-refractivity contribution < 1.29 is 9.59 Å². The predicted octanol–water partition coefficient (Wildman–Crippen LogP) is 5.30. The highest BCUT2D eigenvalue weighted by Gasteiger charge is 2.22. The number of benzene rings is 3. The molecule has 5 nitrogen and oxygen atoms in total. The third kappa shape index (κ3) is 5.18. The Morgan fingerprint density at radius 2 is 1.52 bits per heavy atom. The number of aromatic nitrogens is 1. The van der Waals surface area contributed by atoms with E-state index in [4.69, 9.17) is 4.98 Å². The summed E-state index contributed by atoms with van der Waals surface area (Å²) in [4.78, 5) is 34.7. The highest BCUT2D eigenvalue weighted by atomic mass is 32.1. The van der Waals surface area contributed by atoms with Crippen molar-refractivity contribution in [3.05, 3.63) is 95.1 Å². The Morgan fingerprint density at radius 1 is 0.848 bits per heavy atom. The molecule has 0 unspecified atom stereocenters. The van der Waals surface area contributed by atoms with Crippen LogP contribution in [0.15, 0.2) is 72.8 Å². The van der Waals surface area contributed by atoms with Crippen molar-refractivity contribution in [1.29, 1.82) is 0 Å². The maximum atomic E-state index is 13.5. The van der Waals surface area contributed by atoms with E-state index in [0.29, 0.717) is 34.9 Å². The third-order valence-electron chi connectivity index (χ3n) is 5.53. The molecule has 0 saturated heterocycles. The Bertz CT molecular complexity index is 1260. The number of fused-ring (bicyclic) bond motifs is 1. The summed E-state index contributed by atoms with van der Waals surface area (Å²) >= 11 is 1.54. The van der Waals surface area contributed by atoms with Gasteiger partial charge in [0.2, 0.25) is 0 Å². The summed E-state index contributed by atoms with van der Waals surface area (Å²) < 4.78 is 1.08. The number of hydrogen-bond acceptors (Lipinski definition) is 5. The highest BCUT2D eigenvalue weighted by Crippen LogP contribution is 2.30. The Hall–Kier alpha value is -3.35. The topological polar surface area (TPSA) is 53.5 Å². The average Bonchev–Trinajstić information content (AvgIpc) is 3.27. The van der Waals surface area contributed by atoms with Gasteiger partial charge in [-0.25, -0.2) is 4.98 Å². The number of aryl methyl sites for hydroxylation is 1. The van der Waals surface area contributed by atoms with Crippen LogP contribution in [0.2, 0.25) is 0 Å². The fourth-order valence-corrected chi connectivity index (χ4v) is 4.61. The van der Waals surface area contributed by atoms with Crippen molar-refractivity contribution in [2.75, 3.05) is 32.1 Å². The number of ketones is 1. The van der Waals surface area contributed by atoms with Crippen LogP contribution in [-0.4, -0.2) is 48.8 Å². The van der Waals surface area contributed by atoms with Crippen LogP contribution in [0.3, 0.4) is 0 Å². The number of carbonyl (C=O) groups is 2. The van der Waals surface area contributed by atoms with Crippen LogP contribution in [0.1, 0.15) is 38.8 Å². The fraction of sp³-hybridized carbons (Fsp3) is 0.222. The number of nitrogens with zero attached hydrogens (tertiary/aromatic N) is 3. The normalized spacial score (nSPS) is 11.2. The van der Waals surface area contributed by atoms with E-state index >= 15 is 0 Å². The highest BCUT2D eigenvalue weighted by molar-refractivity contribution is 7.22. The van der Waals surface area contributed by atoms with E-state index in [-0.39, 0.29) is 11.7 Å². The zero-order chi connectivity index (χ0) is 23.4. The number of anilines is 1. The van der Waals surface area contributed by atoms with Crippen molar-refractivity contribution >= 4 is 38.4 Å². The maximum absolute atomic E-state index is 13.5. The van der Waals surface area contributed by atoms with Gasteiger partial charge in [0, 0.05) is 29.8 Å². The largest absolute Gasteiger partial charge is 0.308 e. The molecule has 0 radical (unpaired) electrons. The zero-order valence-corrected chi connectivity index (χ0v) is 19.9. The Labute approximate surface area is 198 Å². The molecule has 0 saturated carbocycles. The molecule has 0 aliphatic heterocycles. The van der Waals surface area contributed by atoms with Gasteiger partial charge in [-0.3, -0.25) is 14.5 Å². The van der Waals surface area contributed by atoms with Crippen molar-refractivity contribution in [2.24, 2.45) is 0 Å². The second kappa shape index (κ2) is 10.1. The number of thiazole rings is 1. The van der Waals surface area contributed by atoms with Gasteiger partial charge < -0.3 is 4.90 Å². The fourth-order valence-electron chi connectivity index (χ4n) is 3.55. The van der Waals surface area contributed by atoms with Gasteiger partial charge in [-0.1, -0.05) is 66.8 Å². The molecule has 168 valence electrons. The first-order valence-electron chi connectivity index (χ1n) is 11.0. The molecule has 0 atom stereocenters. The molecule has 3 aromatic carbocycles. The lowest BCUT2D eigenvalue weighted by atomic mass is 10.0. The van der Waals surface area contributed by atoms with Crippen LogP contribution >= 0.6 is 11.3 Å². The lowest BCUT2D eigenvalue weighted by Crippen LogP contribution is -2.36. The summed E-state index contributed by atoms with van der Waals surface area (Å²) in [6.07, 6.45) is 0.959. The second-order valence-corrected chi connectivity index (χ2v) is 9.19. The van der Waals surface area contributed by atoms with E-state index in [1.54, 1.807) is 41.3 Å². The van der Waals surface area contributed by atoms with Crippen molar-refractivity contribution in [3.8, 4) is 0 Å². The van der Waals surface area contributed by atoms with Crippen LogP contribution in [0.4, 0.5) is 5.13 Å². The monoisotopic (exact) mass is 457 g/mol. The SMILES string of the molecule is CCc1ccc2nc(N(CCN(C)C)C(=O)c3ccc(C(=O)c4ccccc4)cc3)sc2c1. The Balaban J connectivity index is 1.62. The van der Waals surface area contributed by atoms with Crippen LogP contribution in [-0.2, 0) is 6.42 Å². The Kier molecular flexibility index (Phi) is 6.96. The van der Waals surface area contributed by atoms with E-state index in [0.717, 1.165) is 16.6 Å². The first kappa shape index (κ1) is 22.8. The summed E-state index contributed by atoms with van der Waals surface area (Å²) in [5.41, 5.74) is 3.88. The van der Waals surface area contributed by atoms with Gasteiger partial charge in [0.15, 0.2) is 10.9 Å². The minimum Gasteiger partial charge on any atom is -0.308 e. The van der Waals surface area contributed by atoms with Gasteiger partial charge in [-0.15, -0.1) is 0 Å². The molecule has 0 spiro atoms. The summed E-state index contributed by atoms with van der Waals surface area (Å²) in [6.45, 7) is 3.37. The number of rotatable bonds is 8. The Morgan fingerprint density at radius 3 is 2.18 bits per heavy atom. The third-order valence-corrected chi connectivity index (χ3v) is 6.57. The number of likely N-dealkylation sites (N-methyl/N-ethyl adjacent to an activating group) is 1. The summed E-state index contributed by atoms with van der Waals surface area (Å²) in [7, 11) is 3.97. The molecule has 4 aromatic rings. The lowest BCUT2D eigenvalue weighted by Gasteiger charge is -2.22. The first-order chi connectivity index (χ1) is 16.0. The van der Waals surface area contributed by atoms with E-state index in [1.807, 2.05) is 43.3 Å². The van der Waals surface area contributed by atoms with E-state index < -0.39 is 0 Å². The molecule has 1 amide bonds. The van der Waals surface area contributed by atoms with Crippen LogP contribution in [0.5, 0.6) is 0 Å². The van der Waals surface area contributed by atoms with Gasteiger partial charge in [-0.2, -0.15) is 0 Å². The van der Waals surface area contributed by atoms with Crippen molar-refractivity contribution in [3.63, 3.8) is 0 Å². The number of hydrogen-bond donors (Lipinski definition) is 0. The van der Waals surface area contributed by atoms with E-state index in [1.165, 1.54) is 16.9 Å². The summed E-state index contributed by atoms with van der Waals surface area (Å²) in [5.74, 6) is -0.178. The van der Waals surface area contributed by atoms with Crippen LogP contribution in [0.25, 0.3) is 10.2 Å². The van der Waals surface area contributed by atoms with E-state index in [9.17, 15) is 9.59 Å². The van der Waals surface area contributed by atoms with Gasteiger partial charge in [-0.05, 0) is 50.3 Å². The van der Waals surface area contributed by atoms with Crippen molar-refractivity contribution in [1.82, 2.24) is 9.88 Å². The minimum atomic E-state index is -0.120.